The van der Waals surface area contributed by atoms with E-state index in [1.807, 2.05) is 0 Å². The van der Waals surface area contributed by atoms with Crippen LogP contribution >= 0.6 is 15.6 Å². The molecule has 0 saturated heterocycles. The Morgan fingerprint density at radius 3 is 0.757 bits per heavy atom. The molecule has 0 bridgehead atoms. The highest BCUT2D eigenvalue weighted by atomic mass is 31.2. The highest BCUT2D eigenvalue weighted by Crippen LogP contribution is 2.45. The summed E-state index contributed by atoms with van der Waals surface area (Å²) < 4.78 is 61.3. The molecule has 0 aromatic carbocycles. The van der Waals surface area contributed by atoms with Gasteiger partial charge in [-0.25, -0.2) is 9.13 Å². The van der Waals surface area contributed by atoms with E-state index in [2.05, 4.69) is 167 Å². The molecule has 0 aromatic heterocycles. The normalized spacial score (nSPS) is 14.5. The van der Waals surface area contributed by atoms with Crippen LogP contribution in [-0.2, 0) is 55.8 Å². The number of hydrogen-bond acceptors (Lipinski definition) is 14. The summed E-state index contributed by atoms with van der Waals surface area (Å²) in [5, 5.41) is 20.7. The third-order valence-corrected chi connectivity index (χ3v) is 20.4. The van der Waals surface area contributed by atoms with Gasteiger partial charge in [-0.3, -0.25) is 32.5 Å². The van der Waals surface area contributed by atoms with Crippen LogP contribution in [0.4, 0.5) is 0 Å². The highest BCUT2D eigenvalue weighted by molar-refractivity contribution is 7.47. The Morgan fingerprint density at radius 2 is 0.477 bits per heavy atom. The Labute approximate surface area is 677 Å². The van der Waals surface area contributed by atoms with Gasteiger partial charge >= 0.3 is 33.6 Å². The number of esters is 3. The molecule has 0 heterocycles. The quantitative estimate of drug-likeness (QED) is 0.0146. The zero-order valence-corrected chi connectivity index (χ0v) is 71.9. The predicted octanol–water partition coefficient (Wildman–Crippen LogP) is 26.8. The van der Waals surface area contributed by atoms with Crippen LogP contribution in [0.1, 0.15) is 367 Å². The number of hydrogen-bond donors (Lipinski definition) is 4. The lowest BCUT2D eigenvalue weighted by atomic mass is 10.0. The first-order chi connectivity index (χ1) is 54.2. The number of carbonyl (C=O) groups is 3. The molecule has 0 aliphatic rings. The largest absolute Gasteiger partial charge is 0.472 e. The van der Waals surface area contributed by atoms with Gasteiger partial charge in [-0.2, -0.15) is 0 Å². The maximum atomic E-state index is 13.0. The van der Waals surface area contributed by atoms with Crippen LogP contribution in [0.3, 0.4) is 0 Å². The summed E-state index contributed by atoms with van der Waals surface area (Å²) in [7, 11) is -9.81. The first-order valence-electron chi connectivity index (χ1n) is 44.1. The molecular formula is C93H160O16P2. The van der Waals surface area contributed by atoms with E-state index in [1.165, 1.54) is 148 Å². The summed E-state index contributed by atoms with van der Waals surface area (Å²) in [5.74, 6) is -1.59. The van der Waals surface area contributed by atoms with E-state index in [4.69, 9.17) is 32.3 Å². The Bertz CT molecular complexity index is 2600. The van der Waals surface area contributed by atoms with Crippen molar-refractivity contribution in [1.29, 1.82) is 0 Å². The van der Waals surface area contributed by atoms with Gasteiger partial charge in [0.05, 0.1) is 26.4 Å². The van der Waals surface area contributed by atoms with Gasteiger partial charge in [0.25, 0.3) is 0 Å². The van der Waals surface area contributed by atoms with Crippen LogP contribution < -0.4 is 0 Å². The van der Waals surface area contributed by atoms with E-state index in [0.29, 0.717) is 19.3 Å². The summed E-state index contributed by atoms with van der Waals surface area (Å²) in [6.07, 6.45) is 106. The lowest BCUT2D eigenvalue weighted by molar-refractivity contribution is -0.161. The minimum atomic E-state index is -4.94. The number of rotatable bonds is 83. The van der Waals surface area contributed by atoms with Crippen molar-refractivity contribution in [2.75, 3.05) is 39.6 Å². The molecule has 0 rings (SSSR count). The van der Waals surface area contributed by atoms with Crippen LogP contribution in [0.25, 0.3) is 0 Å². The average Bonchev–Trinajstić information content (AvgIpc) is 0.912. The monoisotopic (exact) mass is 1600 g/mol. The minimum absolute atomic E-state index is 0.0838. The Morgan fingerprint density at radius 1 is 0.261 bits per heavy atom. The van der Waals surface area contributed by atoms with Crippen molar-refractivity contribution in [1.82, 2.24) is 0 Å². The lowest BCUT2D eigenvalue weighted by Gasteiger charge is -2.21. The molecule has 16 nitrogen and oxygen atoms in total. The summed E-state index contributed by atoms with van der Waals surface area (Å²) >= 11 is 0. The second kappa shape index (κ2) is 84.8. The Hall–Kier alpha value is -4.57. The van der Waals surface area contributed by atoms with Gasteiger partial charge in [0.1, 0.15) is 25.4 Å². The summed E-state index contributed by atoms with van der Waals surface area (Å²) in [6.45, 7) is 2.52. The van der Waals surface area contributed by atoms with Crippen molar-refractivity contribution < 1.29 is 75.8 Å². The summed E-state index contributed by atoms with van der Waals surface area (Å²) in [5.41, 5.74) is 0. The van der Waals surface area contributed by atoms with Crippen molar-refractivity contribution in [3.8, 4) is 0 Å². The third-order valence-electron chi connectivity index (χ3n) is 18.5. The van der Waals surface area contributed by atoms with Crippen LogP contribution in [0, 0.1) is 0 Å². The zero-order valence-electron chi connectivity index (χ0n) is 70.1. The topological polar surface area (TPSA) is 231 Å². The molecule has 5 unspecified atom stereocenters. The van der Waals surface area contributed by atoms with Gasteiger partial charge in [0.15, 0.2) is 6.10 Å². The lowest BCUT2D eigenvalue weighted by Crippen LogP contribution is -2.30. The van der Waals surface area contributed by atoms with Gasteiger partial charge < -0.3 is 34.2 Å². The Balaban J connectivity index is 4.48. The number of aliphatic hydroxyl groups excluding tert-OH is 2. The van der Waals surface area contributed by atoms with E-state index in [1.54, 1.807) is 0 Å². The molecule has 0 aliphatic carbocycles. The van der Waals surface area contributed by atoms with Crippen LogP contribution in [-0.4, -0.2) is 95.9 Å². The maximum Gasteiger partial charge on any atom is 0.472 e. The molecule has 0 spiro atoms. The number of aliphatic hydroxyl groups is 2. The Kier molecular flexibility index (Phi) is 81.3. The first kappa shape index (κ1) is 106. The average molecular weight is 1600 g/mol. The molecule has 18 heteroatoms. The van der Waals surface area contributed by atoms with E-state index in [-0.39, 0.29) is 19.3 Å². The van der Waals surface area contributed by atoms with Crippen LogP contribution in [0.5, 0.6) is 0 Å². The third kappa shape index (κ3) is 86.1. The molecule has 0 aliphatic heterocycles. The number of phosphoric acid groups is 2. The smallest absolute Gasteiger partial charge is 0.463 e. The fraction of sp³-hybridized carbons (Fsp3) is 0.710. The SMILES string of the molecule is CC/C=C\C/C=C\C/C=C\C/C=C\C/C=C\C/C=C\CCCCCCCCCCC(=O)OCC(COP(=O)(O)OCC(O)COP(=O)(O)OCC(O)COC(=O)CCCCCCCCCCCCCCCCCCC/C=C\C/C=C\C/C=C\C/C=C\CCCCC)OC(=O)CCCCCCC/C=C\C/C=C\CCCCC. The van der Waals surface area contributed by atoms with Gasteiger partial charge in [-0.15, -0.1) is 0 Å². The van der Waals surface area contributed by atoms with Crippen molar-refractivity contribution >= 4 is 33.6 Å². The number of allylic oxidation sites excluding steroid dienone is 24. The molecule has 0 fully saturated rings. The van der Waals surface area contributed by atoms with Gasteiger partial charge in [0.2, 0.25) is 0 Å². The van der Waals surface area contributed by atoms with Crippen molar-refractivity contribution in [3.63, 3.8) is 0 Å². The molecule has 111 heavy (non-hydrogen) atoms. The fourth-order valence-electron chi connectivity index (χ4n) is 11.8. The van der Waals surface area contributed by atoms with Crippen LogP contribution in [0.15, 0.2) is 146 Å². The predicted molar refractivity (Wildman–Crippen MR) is 463 cm³/mol. The number of carbonyl (C=O) groups excluding carboxylic acids is 3. The number of phosphoric ester groups is 2. The van der Waals surface area contributed by atoms with E-state index >= 15 is 0 Å². The van der Waals surface area contributed by atoms with Crippen molar-refractivity contribution in [3.05, 3.63) is 146 Å². The molecule has 0 aromatic rings. The second-order valence-electron chi connectivity index (χ2n) is 29.3. The second-order valence-corrected chi connectivity index (χ2v) is 32.2. The molecular weight excluding hydrogens is 1430 g/mol. The molecule has 0 amide bonds. The fourth-order valence-corrected chi connectivity index (χ4v) is 13.4. The highest BCUT2D eigenvalue weighted by Gasteiger charge is 2.29. The maximum absolute atomic E-state index is 13.0. The van der Waals surface area contributed by atoms with Gasteiger partial charge in [-0.1, -0.05) is 346 Å². The standard InChI is InChI=1S/C93H160O16P2/c1-4-7-10-13-16-19-22-25-28-30-32-34-36-38-40-41-42-43-44-45-47-49-50-52-54-56-59-61-64-67-70-73-76-79-91(96)103-82-88(94)83-105-110(99,100)106-84-89(95)85-107-111(101,102)108-87-90(109-93(98)81-78-75-72-69-66-63-58-27-24-21-18-15-12-9-6-3)86-104-92(97)80-77-74-71-68-65-62-60-57-55-53-51-48-46-39-37-35-33-31-29-26-23-20-17-14-11-8-5-2/h8,11,16-21,25-29,32-35,38-40,46,51,53,58,88-90,94-95H,4-7,9-10,12-15,22-24,30-31,36-37,41-45,47-50,52,54-57,59-87H2,1-3H3,(H,99,100)(H,101,102)/b11-8-,19-16-,20-17-,21-18-,28-25-,29-26-,34-32-,35-33-,40-38-,46-39-,53-51-,58-27-. The molecule has 0 saturated carbocycles. The molecule has 5 atom stereocenters. The van der Waals surface area contributed by atoms with Gasteiger partial charge in [-0.05, 0) is 148 Å². The molecule has 4 N–H and O–H groups in total. The van der Waals surface area contributed by atoms with E-state index < -0.39 is 91.5 Å². The summed E-state index contributed by atoms with van der Waals surface area (Å²) in [4.78, 5) is 58.8. The van der Waals surface area contributed by atoms with E-state index in [0.717, 1.165) is 161 Å². The van der Waals surface area contributed by atoms with Crippen molar-refractivity contribution in [2.45, 2.75) is 386 Å². The number of ether oxygens (including phenoxy) is 3. The minimum Gasteiger partial charge on any atom is -0.463 e. The van der Waals surface area contributed by atoms with E-state index in [9.17, 15) is 43.5 Å². The molecule has 638 valence electrons. The van der Waals surface area contributed by atoms with Crippen molar-refractivity contribution in [2.24, 2.45) is 0 Å². The molecule has 0 radical (unpaired) electrons. The summed E-state index contributed by atoms with van der Waals surface area (Å²) in [6, 6.07) is 0. The zero-order chi connectivity index (χ0) is 80.8. The van der Waals surface area contributed by atoms with Crippen LogP contribution in [0.2, 0.25) is 0 Å². The van der Waals surface area contributed by atoms with Gasteiger partial charge in [0, 0.05) is 19.3 Å². The number of unbranched alkanes of at least 4 members (excludes halogenated alkanes) is 36. The first-order valence-corrected chi connectivity index (χ1v) is 47.1.